The number of carbonyl (C=O) groups excluding carboxylic acids is 1. The molecule has 1 fully saturated rings. The number of phosphoric acid groups is 1. The van der Waals surface area contributed by atoms with Crippen LogP contribution >= 0.6 is 7.82 Å². The van der Waals surface area contributed by atoms with Gasteiger partial charge in [0.1, 0.15) is 36.6 Å². The van der Waals surface area contributed by atoms with Crippen LogP contribution in [0.3, 0.4) is 0 Å². The Bertz CT molecular complexity index is 1010. The summed E-state index contributed by atoms with van der Waals surface area (Å²) in [5, 5.41) is 74.5. The molecule has 9 N–H and O–H groups in total. The number of aliphatic hydroxyl groups is 7. The van der Waals surface area contributed by atoms with Gasteiger partial charge in [-0.25, -0.2) is 4.57 Å². The first kappa shape index (κ1) is 55.3. The summed E-state index contributed by atoms with van der Waals surface area (Å²) in [6.07, 6.45) is 20.1. The molecule has 0 aromatic heterocycles. The van der Waals surface area contributed by atoms with Crippen molar-refractivity contribution in [1.82, 2.24) is 5.32 Å². The maximum Gasteiger partial charge on any atom is 0.472 e. The molecule has 13 nitrogen and oxygen atoms in total. The summed E-state index contributed by atoms with van der Waals surface area (Å²) in [4.78, 5) is 23.4. The van der Waals surface area contributed by atoms with Gasteiger partial charge in [-0.2, -0.15) is 0 Å². The predicted molar refractivity (Wildman–Crippen MR) is 229 cm³/mol. The second-order valence-electron chi connectivity index (χ2n) is 17.2. The van der Waals surface area contributed by atoms with Gasteiger partial charge in [0.05, 0.1) is 31.3 Å². The third-order valence-electron chi connectivity index (χ3n) is 11.7. The van der Waals surface area contributed by atoms with E-state index >= 15 is 0 Å². The molecule has 0 radical (unpaired) electrons. The Labute approximate surface area is 351 Å². The van der Waals surface area contributed by atoms with E-state index < -0.39 is 75.2 Å². The molecule has 8 unspecified atom stereocenters. The maximum atomic E-state index is 13.0. The molecule has 14 heteroatoms. The normalized spacial score (nSPS) is 23.7. The van der Waals surface area contributed by atoms with E-state index in [1.807, 2.05) is 0 Å². The first-order valence-electron chi connectivity index (χ1n) is 23.6. The van der Waals surface area contributed by atoms with E-state index in [0.717, 1.165) is 51.4 Å². The molecular formula is C44H88NO12P. The fourth-order valence-corrected chi connectivity index (χ4v) is 8.80. The summed E-state index contributed by atoms with van der Waals surface area (Å²) < 4.78 is 22.9. The SMILES string of the molecule is CCCCCCCCCCCCCCCCCCCCC(O)C(COP(=O)(O)OC1C(O)C(O)C(O)C(O)C1O)NC(=O)CC(O)CCCCCCCCCCCC. The van der Waals surface area contributed by atoms with Gasteiger partial charge in [-0.1, -0.05) is 194 Å². The van der Waals surface area contributed by atoms with Gasteiger partial charge in [0, 0.05) is 0 Å². The number of carbonyl (C=O) groups is 1. The molecule has 1 rings (SSSR count). The largest absolute Gasteiger partial charge is 0.472 e. The van der Waals surface area contributed by atoms with Crippen molar-refractivity contribution in [2.45, 2.75) is 268 Å². The molecule has 0 bridgehead atoms. The van der Waals surface area contributed by atoms with Crippen LogP contribution in [0.1, 0.15) is 213 Å². The summed E-state index contributed by atoms with van der Waals surface area (Å²) in [6.45, 7) is 3.78. The molecule has 1 saturated carbocycles. The Kier molecular flexibility index (Phi) is 33.2. The van der Waals surface area contributed by atoms with E-state index in [0.29, 0.717) is 12.8 Å². The minimum Gasteiger partial charge on any atom is -0.393 e. The summed E-state index contributed by atoms with van der Waals surface area (Å²) >= 11 is 0. The zero-order valence-electron chi connectivity index (χ0n) is 36.5. The fraction of sp³-hybridized carbons (Fsp3) is 0.977. The molecule has 0 spiro atoms. The molecule has 0 aliphatic heterocycles. The van der Waals surface area contributed by atoms with Crippen molar-refractivity contribution in [2.24, 2.45) is 0 Å². The molecular weight excluding hydrogens is 765 g/mol. The standard InChI is InChI=1S/C44H88NO12P/c1-3-5-7-9-11-13-15-16-17-18-19-20-21-22-24-26-28-30-32-37(47)36(34-56-58(54,55)57-44-42(52)40(50)39(49)41(51)43(44)53)45-38(48)33-35(46)31-29-27-25-23-14-12-10-8-6-4-2/h35-37,39-44,46-47,49-53H,3-34H2,1-2H3,(H,45,48)(H,54,55). The van der Waals surface area contributed by atoms with E-state index in [1.165, 1.54) is 122 Å². The van der Waals surface area contributed by atoms with E-state index in [1.54, 1.807) is 0 Å². The smallest absolute Gasteiger partial charge is 0.393 e. The third-order valence-corrected chi connectivity index (χ3v) is 12.7. The Morgan fingerprint density at radius 1 is 0.534 bits per heavy atom. The van der Waals surface area contributed by atoms with Crippen LogP contribution in [0.2, 0.25) is 0 Å². The zero-order valence-corrected chi connectivity index (χ0v) is 37.4. The van der Waals surface area contributed by atoms with Crippen molar-refractivity contribution in [2.75, 3.05) is 6.61 Å². The van der Waals surface area contributed by atoms with Gasteiger partial charge in [0.15, 0.2) is 0 Å². The van der Waals surface area contributed by atoms with Crippen molar-refractivity contribution >= 4 is 13.7 Å². The van der Waals surface area contributed by atoms with Gasteiger partial charge < -0.3 is 46.0 Å². The number of phosphoric ester groups is 1. The average Bonchev–Trinajstić information content (AvgIpc) is 3.19. The van der Waals surface area contributed by atoms with Crippen LogP contribution in [-0.4, -0.2) is 108 Å². The Hall–Kier alpha value is -0.700. The number of unbranched alkanes of at least 4 members (excludes halogenated alkanes) is 26. The van der Waals surface area contributed by atoms with Crippen LogP contribution in [-0.2, 0) is 18.4 Å². The van der Waals surface area contributed by atoms with Crippen LogP contribution in [0.25, 0.3) is 0 Å². The van der Waals surface area contributed by atoms with Crippen molar-refractivity contribution < 1.29 is 59.0 Å². The summed E-state index contributed by atoms with van der Waals surface area (Å²) in [6, 6.07) is -1.15. The number of hydrogen-bond acceptors (Lipinski definition) is 11. The predicted octanol–water partition coefficient (Wildman–Crippen LogP) is 7.65. The molecule has 0 heterocycles. The topological polar surface area (TPSA) is 226 Å². The monoisotopic (exact) mass is 854 g/mol. The minimum absolute atomic E-state index is 0.217. The summed E-state index contributed by atoms with van der Waals surface area (Å²) in [5.41, 5.74) is 0. The highest BCUT2D eigenvalue weighted by Crippen LogP contribution is 2.47. The second kappa shape index (κ2) is 34.8. The Morgan fingerprint density at radius 2 is 0.862 bits per heavy atom. The maximum absolute atomic E-state index is 13.0. The molecule has 58 heavy (non-hydrogen) atoms. The van der Waals surface area contributed by atoms with E-state index in [-0.39, 0.29) is 12.8 Å². The van der Waals surface area contributed by atoms with E-state index in [2.05, 4.69) is 19.2 Å². The van der Waals surface area contributed by atoms with Gasteiger partial charge in [0.2, 0.25) is 5.91 Å². The van der Waals surface area contributed by atoms with Crippen LogP contribution in [0, 0.1) is 0 Å². The first-order valence-corrected chi connectivity index (χ1v) is 25.1. The number of amides is 1. The first-order chi connectivity index (χ1) is 27.8. The lowest BCUT2D eigenvalue weighted by atomic mass is 9.85. The van der Waals surface area contributed by atoms with Crippen LogP contribution < -0.4 is 5.32 Å². The van der Waals surface area contributed by atoms with Gasteiger partial charge in [-0.3, -0.25) is 13.8 Å². The van der Waals surface area contributed by atoms with E-state index in [4.69, 9.17) is 9.05 Å². The molecule has 1 aliphatic carbocycles. The van der Waals surface area contributed by atoms with Crippen molar-refractivity contribution in [1.29, 1.82) is 0 Å². The number of rotatable bonds is 39. The lowest BCUT2D eigenvalue weighted by Gasteiger charge is -2.41. The fourth-order valence-electron chi connectivity index (χ4n) is 7.83. The van der Waals surface area contributed by atoms with Gasteiger partial charge >= 0.3 is 7.82 Å². The number of hydrogen-bond donors (Lipinski definition) is 9. The summed E-state index contributed by atoms with van der Waals surface area (Å²) in [5.74, 6) is -0.558. The highest BCUT2D eigenvalue weighted by atomic mass is 31.2. The zero-order chi connectivity index (χ0) is 43.0. The van der Waals surface area contributed by atoms with Crippen molar-refractivity contribution in [3.63, 3.8) is 0 Å². The van der Waals surface area contributed by atoms with Crippen LogP contribution in [0.5, 0.6) is 0 Å². The summed E-state index contributed by atoms with van der Waals surface area (Å²) in [7, 11) is -5.11. The highest BCUT2D eigenvalue weighted by Gasteiger charge is 2.51. The minimum atomic E-state index is -5.11. The second-order valence-corrected chi connectivity index (χ2v) is 18.6. The van der Waals surface area contributed by atoms with E-state index in [9.17, 15) is 50.0 Å². The third kappa shape index (κ3) is 26.6. The molecule has 0 aromatic rings. The van der Waals surface area contributed by atoms with Crippen LogP contribution in [0.15, 0.2) is 0 Å². The molecule has 0 saturated heterocycles. The van der Waals surface area contributed by atoms with Crippen LogP contribution in [0.4, 0.5) is 0 Å². The van der Waals surface area contributed by atoms with Crippen molar-refractivity contribution in [3.05, 3.63) is 0 Å². The van der Waals surface area contributed by atoms with Crippen molar-refractivity contribution in [3.8, 4) is 0 Å². The average molecular weight is 854 g/mol. The Balaban J connectivity index is 2.50. The van der Waals surface area contributed by atoms with Gasteiger partial charge in [-0.15, -0.1) is 0 Å². The molecule has 1 amide bonds. The highest BCUT2D eigenvalue weighted by molar-refractivity contribution is 7.47. The van der Waals surface area contributed by atoms with Gasteiger partial charge in [0.25, 0.3) is 0 Å². The number of aliphatic hydroxyl groups excluding tert-OH is 7. The lowest BCUT2D eigenvalue weighted by Crippen LogP contribution is -2.64. The molecule has 1 aliphatic rings. The lowest BCUT2D eigenvalue weighted by molar-refractivity contribution is -0.220. The quantitative estimate of drug-likeness (QED) is 0.0215. The van der Waals surface area contributed by atoms with Gasteiger partial charge in [-0.05, 0) is 12.8 Å². The molecule has 346 valence electrons. The molecule has 8 atom stereocenters. The number of nitrogens with one attached hydrogen (secondary N) is 1. The molecule has 0 aromatic carbocycles. The Morgan fingerprint density at radius 3 is 1.24 bits per heavy atom.